The molecule has 1 aromatic carbocycles. The van der Waals surface area contributed by atoms with Crippen LogP contribution in [0.2, 0.25) is 0 Å². The third-order valence-electron chi connectivity index (χ3n) is 9.44. The van der Waals surface area contributed by atoms with E-state index in [1.165, 1.54) is 50.5 Å². The predicted molar refractivity (Wildman–Crippen MR) is 113 cm³/mol. The lowest BCUT2D eigenvalue weighted by Gasteiger charge is -2.56. The van der Waals surface area contributed by atoms with Gasteiger partial charge >= 0.3 is 0 Å². The lowest BCUT2D eigenvalue weighted by molar-refractivity contribution is -0.121. The quantitative estimate of drug-likeness (QED) is 0.697. The largest absolute Gasteiger partial charge is 0.390 e. The lowest BCUT2D eigenvalue weighted by Crippen LogP contribution is -2.51. The van der Waals surface area contributed by atoms with Crippen molar-refractivity contribution in [1.29, 1.82) is 0 Å². The van der Waals surface area contributed by atoms with Crippen LogP contribution in [0.15, 0.2) is 30.3 Å². The summed E-state index contributed by atoms with van der Waals surface area (Å²) < 4.78 is 6.54. The van der Waals surface area contributed by atoms with Crippen molar-refractivity contribution >= 4 is 0 Å². The van der Waals surface area contributed by atoms with Gasteiger partial charge in [0.2, 0.25) is 0 Å². The Balaban J connectivity index is 1.28. The van der Waals surface area contributed by atoms with E-state index < -0.39 is 5.60 Å². The van der Waals surface area contributed by atoms with Crippen LogP contribution < -0.4 is 0 Å². The van der Waals surface area contributed by atoms with Gasteiger partial charge in [0, 0.05) is 0 Å². The maximum absolute atomic E-state index is 10.6. The third kappa shape index (κ3) is 3.25. The molecule has 0 saturated heterocycles. The first-order valence-electron chi connectivity index (χ1n) is 11.8. The number of ether oxygens (including phenoxy) is 1. The molecule has 0 amide bonds. The summed E-state index contributed by atoms with van der Waals surface area (Å²) in [5, 5.41) is 10.6. The topological polar surface area (TPSA) is 29.5 Å². The lowest BCUT2D eigenvalue weighted by atomic mass is 9.49. The summed E-state index contributed by atoms with van der Waals surface area (Å²) >= 11 is 0. The van der Waals surface area contributed by atoms with Crippen molar-refractivity contribution in [1.82, 2.24) is 0 Å². The molecule has 0 aromatic heterocycles. The van der Waals surface area contributed by atoms with E-state index in [0.717, 1.165) is 49.0 Å². The Labute approximate surface area is 171 Å². The maximum atomic E-state index is 10.6. The second-order valence-electron chi connectivity index (χ2n) is 11.1. The minimum absolute atomic E-state index is 0.378. The molecule has 1 N–H and O–H groups in total. The number of fused-ring (bicyclic) bond motifs is 5. The van der Waals surface area contributed by atoms with Crippen molar-refractivity contribution in [2.75, 3.05) is 0 Å². The second-order valence-corrected chi connectivity index (χ2v) is 11.1. The molecule has 2 nitrogen and oxygen atoms in total. The Bertz CT molecular complexity index is 683. The fourth-order valence-corrected chi connectivity index (χ4v) is 8.08. The molecule has 4 aliphatic carbocycles. The molecule has 5 rings (SSSR count). The molecular formula is C26H38O2. The van der Waals surface area contributed by atoms with Gasteiger partial charge in [-0.2, -0.15) is 0 Å². The van der Waals surface area contributed by atoms with Gasteiger partial charge in [-0.25, -0.2) is 0 Å². The highest BCUT2D eigenvalue weighted by atomic mass is 16.5. The van der Waals surface area contributed by atoms with Crippen molar-refractivity contribution in [3.05, 3.63) is 35.9 Å². The highest BCUT2D eigenvalue weighted by molar-refractivity contribution is 5.14. The van der Waals surface area contributed by atoms with Crippen LogP contribution in [-0.4, -0.2) is 16.8 Å². The van der Waals surface area contributed by atoms with Gasteiger partial charge in [-0.1, -0.05) is 37.3 Å². The van der Waals surface area contributed by atoms with Gasteiger partial charge in [-0.15, -0.1) is 0 Å². The van der Waals surface area contributed by atoms with Gasteiger partial charge in [0.1, 0.15) is 0 Å². The Kier molecular flexibility index (Phi) is 4.87. The molecule has 4 fully saturated rings. The second kappa shape index (κ2) is 7.13. The van der Waals surface area contributed by atoms with E-state index in [4.69, 9.17) is 4.74 Å². The molecule has 0 aliphatic heterocycles. The van der Waals surface area contributed by atoms with Crippen LogP contribution in [0.25, 0.3) is 0 Å². The SMILES string of the molecule is C[C@@]1(O)CC[C@H]2[C@@H](CC[C@@H]3[C@@H]2CC[C@]2(C)[C@@H](OCc4ccccc4)CC[C@@H]32)C1. The normalized spacial score (nSPS) is 47.8. The number of rotatable bonds is 3. The Morgan fingerprint density at radius 1 is 0.893 bits per heavy atom. The number of aliphatic hydroxyl groups is 1. The van der Waals surface area contributed by atoms with Crippen molar-refractivity contribution in [2.24, 2.45) is 35.0 Å². The number of hydrogen-bond donors (Lipinski definition) is 1. The molecule has 0 radical (unpaired) electrons. The molecule has 0 unspecified atom stereocenters. The summed E-state index contributed by atoms with van der Waals surface area (Å²) in [6, 6.07) is 10.7. The average molecular weight is 383 g/mol. The molecule has 0 heterocycles. The van der Waals surface area contributed by atoms with Crippen LogP contribution in [0.4, 0.5) is 0 Å². The highest BCUT2D eigenvalue weighted by Crippen LogP contribution is 2.63. The van der Waals surface area contributed by atoms with Crippen molar-refractivity contribution < 1.29 is 9.84 Å². The van der Waals surface area contributed by atoms with E-state index in [9.17, 15) is 5.11 Å². The van der Waals surface area contributed by atoms with Gasteiger partial charge in [0.05, 0.1) is 18.3 Å². The molecule has 2 heteroatoms. The average Bonchev–Trinajstić information content (AvgIpc) is 3.02. The minimum Gasteiger partial charge on any atom is -0.390 e. The molecule has 154 valence electrons. The zero-order chi connectivity index (χ0) is 19.4. The summed E-state index contributed by atoms with van der Waals surface area (Å²) in [7, 11) is 0. The van der Waals surface area contributed by atoms with E-state index in [1.54, 1.807) is 0 Å². The molecule has 28 heavy (non-hydrogen) atoms. The molecule has 0 bridgehead atoms. The Hall–Kier alpha value is -0.860. The fourth-order valence-electron chi connectivity index (χ4n) is 8.08. The van der Waals surface area contributed by atoms with Gasteiger partial charge < -0.3 is 9.84 Å². The number of benzene rings is 1. The van der Waals surface area contributed by atoms with Crippen LogP contribution >= 0.6 is 0 Å². The summed E-state index contributed by atoms with van der Waals surface area (Å²) in [6.45, 7) is 5.38. The van der Waals surface area contributed by atoms with Crippen molar-refractivity contribution in [3.8, 4) is 0 Å². The van der Waals surface area contributed by atoms with E-state index in [2.05, 4.69) is 44.2 Å². The first-order valence-corrected chi connectivity index (χ1v) is 11.8. The van der Waals surface area contributed by atoms with Crippen LogP contribution in [0.1, 0.15) is 77.2 Å². The molecule has 0 spiro atoms. The van der Waals surface area contributed by atoms with E-state index in [0.29, 0.717) is 11.5 Å². The summed E-state index contributed by atoms with van der Waals surface area (Å²) in [6.07, 6.45) is 11.9. The van der Waals surface area contributed by atoms with Gasteiger partial charge in [-0.05, 0) is 105 Å². The maximum Gasteiger partial charge on any atom is 0.0720 e. The van der Waals surface area contributed by atoms with Gasteiger partial charge in [-0.3, -0.25) is 0 Å². The zero-order valence-electron chi connectivity index (χ0n) is 17.8. The van der Waals surface area contributed by atoms with E-state index in [-0.39, 0.29) is 0 Å². The van der Waals surface area contributed by atoms with Gasteiger partial charge in [0.15, 0.2) is 0 Å². The molecule has 1 aromatic rings. The van der Waals surface area contributed by atoms with Crippen LogP contribution in [-0.2, 0) is 11.3 Å². The molecular weight excluding hydrogens is 344 g/mol. The highest BCUT2D eigenvalue weighted by Gasteiger charge is 2.57. The van der Waals surface area contributed by atoms with Crippen LogP contribution in [0.3, 0.4) is 0 Å². The predicted octanol–water partition coefficient (Wildman–Crippen LogP) is 5.98. The standard InChI is InChI=1S/C26H38O2/c1-25(27)14-12-20-19(16-25)8-9-22-21(20)13-15-26(2)23(22)10-11-24(26)28-17-18-6-4-3-5-7-18/h3-7,19-24,27H,8-17H2,1-2H3/t19-,20-,21+,22+,23-,24-,25+,26-/m0/s1. The first kappa shape index (κ1) is 19.1. The van der Waals surface area contributed by atoms with E-state index >= 15 is 0 Å². The van der Waals surface area contributed by atoms with Crippen LogP contribution in [0.5, 0.6) is 0 Å². The molecule has 8 atom stereocenters. The molecule has 4 aliphatic rings. The van der Waals surface area contributed by atoms with Crippen LogP contribution in [0, 0.1) is 35.0 Å². The summed E-state index contributed by atoms with van der Waals surface area (Å²) in [5.74, 6) is 4.35. The fraction of sp³-hybridized carbons (Fsp3) is 0.769. The Morgan fingerprint density at radius 2 is 1.68 bits per heavy atom. The minimum atomic E-state index is -0.402. The summed E-state index contributed by atoms with van der Waals surface area (Å²) in [4.78, 5) is 0. The van der Waals surface area contributed by atoms with Crippen molar-refractivity contribution in [3.63, 3.8) is 0 Å². The number of hydrogen-bond acceptors (Lipinski definition) is 2. The van der Waals surface area contributed by atoms with Crippen molar-refractivity contribution in [2.45, 2.75) is 89.9 Å². The third-order valence-corrected chi connectivity index (χ3v) is 9.44. The summed E-state index contributed by atoms with van der Waals surface area (Å²) in [5.41, 5.74) is 1.28. The monoisotopic (exact) mass is 382 g/mol. The Morgan fingerprint density at radius 3 is 2.50 bits per heavy atom. The smallest absolute Gasteiger partial charge is 0.0720 e. The zero-order valence-corrected chi connectivity index (χ0v) is 17.8. The van der Waals surface area contributed by atoms with Gasteiger partial charge in [0.25, 0.3) is 0 Å². The first-order chi connectivity index (χ1) is 13.5. The van der Waals surface area contributed by atoms with E-state index in [1.807, 2.05) is 0 Å². The molecule has 4 saturated carbocycles.